The topological polar surface area (TPSA) is 156 Å². The predicted molar refractivity (Wildman–Crippen MR) is 200 cm³/mol. The van der Waals surface area contributed by atoms with Crippen molar-refractivity contribution in [1.82, 2.24) is 25.8 Å². The van der Waals surface area contributed by atoms with Crippen LogP contribution in [0, 0.1) is 23.7 Å². The SMILES string of the molecule is CCC(C)[C@@H]([C@@H](CC(=O)N1CC[C@H]1[C@H](OC)[C@@H](C)C(=O)N[C@@H](Cc1ccccc1)C(=O)OC)OC)N(C)C(=O)[C@@H](NC(=O)[C@@H](NC)C(C)C)C(C)C. The molecule has 0 aliphatic carbocycles. The van der Waals surface area contributed by atoms with Crippen LogP contribution in [0.5, 0.6) is 0 Å². The molecule has 1 unspecified atom stereocenters. The fourth-order valence-corrected chi connectivity index (χ4v) is 7.15. The Bertz CT molecular complexity index is 1310. The number of esters is 1. The molecule has 0 saturated carbocycles. The second-order valence-corrected chi connectivity index (χ2v) is 14.8. The van der Waals surface area contributed by atoms with E-state index in [0.717, 1.165) is 12.0 Å². The van der Waals surface area contributed by atoms with Gasteiger partial charge in [0, 0.05) is 34.2 Å². The van der Waals surface area contributed by atoms with Crippen molar-refractivity contribution in [2.24, 2.45) is 23.7 Å². The Morgan fingerprint density at radius 1 is 0.885 bits per heavy atom. The average molecular weight is 732 g/mol. The minimum Gasteiger partial charge on any atom is -0.467 e. The molecular formula is C39H65N5O8. The molecule has 13 heteroatoms. The van der Waals surface area contributed by atoms with Crippen LogP contribution in [0.4, 0.5) is 0 Å². The number of likely N-dealkylation sites (tertiary alicyclic amines) is 1. The maximum Gasteiger partial charge on any atom is 0.328 e. The van der Waals surface area contributed by atoms with Gasteiger partial charge in [-0.15, -0.1) is 0 Å². The lowest BCUT2D eigenvalue weighted by Crippen LogP contribution is -2.62. The van der Waals surface area contributed by atoms with Crippen molar-refractivity contribution in [2.75, 3.05) is 42.0 Å². The number of rotatable bonds is 21. The largest absolute Gasteiger partial charge is 0.467 e. The van der Waals surface area contributed by atoms with Gasteiger partial charge in [0.25, 0.3) is 0 Å². The molecule has 0 bridgehead atoms. The second kappa shape index (κ2) is 21.2. The predicted octanol–water partition coefficient (Wildman–Crippen LogP) is 2.80. The van der Waals surface area contributed by atoms with Crippen LogP contribution in [-0.2, 0) is 44.6 Å². The maximum absolute atomic E-state index is 14.1. The maximum atomic E-state index is 14.1. The van der Waals surface area contributed by atoms with Gasteiger partial charge in [-0.2, -0.15) is 0 Å². The lowest BCUT2D eigenvalue weighted by Gasteiger charge is -2.47. The summed E-state index contributed by atoms with van der Waals surface area (Å²) in [5, 5.41) is 8.85. The molecule has 1 saturated heterocycles. The van der Waals surface area contributed by atoms with Crippen LogP contribution in [0.3, 0.4) is 0 Å². The number of likely N-dealkylation sites (N-methyl/N-ethyl adjacent to an activating group) is 2. The highest BCUT2D eigenvalue weighted by atomic mass is 16.5. The Labute approximate surface area is 311 Å². The van der Waals surface area contributed by atoms with Crippen LogP contribution < -0.4 is 16.0 Å². The molecule has 4 amide bonds. The third-order valence-electron chi connectivity index (χ3n) is 10.6. The quantitative estimate of drug-likeness (QED) is 0.162. The Morgan fingerprint density at radius 2 is 1.50 bits per heavy atom. The first-order valence-corrected chi connectivity index (χ1v) is 18.6. The van der Waals surface area contributed by atoms with Crippen LogP contribution in [0.25, 0.3) is 0 Å². The second-order valence-electron chi connectivity index (χ2n) is 14.8. The molecule has 9 atom stereocenters. The van der Waals surface area contributed by atoms with Gasteiger partial charge in [-0.3, -0.25) is 19.2 Å². The Kier molecular flexibility index (Phi) is 18.2. The molecule has 1 aliphatic rings. The summed E-state index contributed by atoms with van der Waals surface area (Å²) < 4.78 is 16.8. The molecule has 0 aromatic heterocycles. The van der Waals surface area contributed by atoms with Crippen molar-refractivity contribution in [3.05, 3.63) is 35.9 Å². The normalized spacial score (nSPS) is 19.0. The highest BCUT2D eigenvalue weighted by Gasteiger charge is 2.45. The van der Waals surface area contributed by atoms with Gasteiger partial charge >= 0.3 is 5.97 Å². The molecule has 0 spiro atoms. The van der Waals surface area contributed by atoms with Crippen molar-refractivity contribution in [2.45, 2.75) is 117 Å². The zero-order chi connectivity index (χ0) is 39.3. The molecule has 1 aliphatic heterocycles. The van der Waals surface area contributed by atoms with Gasteiger partial charge in [-0.25, -0.2) is 4.79 Å². The van der Waals surface area contributed by atoms with Crippen LogP contribution in [0.15, 0.2) is 30.3 Å². The zero-order valence-corrected chi connectivity index (χ0v) is 33.4. The molecule has 1 heterocycles. The van der Waals surface area contributed by atoms with E-state index in [1.54, 1.807) is 37.9 Å². The molecule has 13 nitrogen and oxygen atoms in total. The highest BCUT2D eigenvalue weighted by molar-refractivity contribution is 5.90. The molecule has 1 aromatic rings. The van der Waals surface area contributed by atoms with Crippen LogP contribution >= 0.6 is 0 Å². The van der Waals surface area contributed by atoms with Gasteiger partial charge < -0.3 is 40.0 Å². The number of hydrogen-bond donors (Lipinski definition) is 3. The minimum atomic E-state index is -0.887. The minimum absolute atomic E-state index is 0.00596. The van der Waals surface area contributed by atoms with E-state index < -0.39 is 48.3 Å². The van der Waals surface area contributed by atoms with E-state index in [1.165, 1.54) is 14.2 Å². The van der Waals surface area contributed by atoms with E-state index >= 15 is 0 Å². The van der Waals surface area contributed by atoms with Gasteiger partial charge in [-0.1, -0.05) is 85.2 Å². The molecule has 52 heavy (non-hydrogen) atoms. The van der Waals surface area contributed by atoms with Gasteiger partial charge in [0.2, 0.25) is 23.6 Å². The summed E-state index contributed by atoms with van der Waals surface area (Å²) in [6.07, 6.45) is 0.367. The number of hydrogen-bond acceptors (Lipinski definition) is 9. The molecule has 3 N–H and O–H groups in total. The van der Waals surface area contributed by atoms with E-state index in [4.69, 9.17) is 14.2 Å². The van der Waals surface area contributed by atoms with Gasteiger partial charge in [-0.05, 0) is 36.8 Å². The third kappa shape index (κ3) is 11.5. The summed E-state index contributed by atoms with van der Waals surface area (Å²) in [6.45, 7) is 13.9. The third-order valence-corrected chi connectivity index (χ3v) is 10.6. The monoisotopic (exact) mass is 731 g/mol. The summed E-state index contributed by atoms with van der Waals surface area (Å²) in [7, 11) is 7.77. The van der Waals surface area contributed by atoms with Crippen LogP contribution in [0.1, 0.15) is 73.3 Å². The number of nitrogens with one attached hydrogen (secondary N) is 3. The lowest BCUT2D eigenvalue weighted by atomic mass is 9.86. The first-order valence-electron chi connectivity index (χ1n) is 18.6. The van der Waals surface area contributed by atoms with Gasteiger partial charge in [0.05, 0.1) is 49.8 Å². The Morgan fingerprint density at radius 3 is 1.96 bits per heavy atom. The molecule has 294 valence electrons. The summed E-state index contributed by atoms with van der Waals surface area (Å²) in [4.78, 5) is 70.7. The average Bonchev–Trinajstić information content (AvgIpc) is 3.10. The number of amides is 4. The molecular weight excluding hydrogens is 666 g/mol. The molecule has 0 radical (unpaired) electrons. The Balaban J connectivity index is 2.22. The smallest absolute Gasteiger partial charge is 0.328 e. The highest BCUT2D eigenvalue weighted by Crippen LogP contribution is 2.30. The van der Waals surface area contributed by atoms with E-state index in [1.807, 2.05) is 71.9 Å². The van der Waals surface area contributed by atoms with Crippen molar-refractivity contribution >= 4 is 29.6 Å². The number of carbonyl (C=O) groups is 5. The molecule has 1 aromatic carbocycles. The number of benzene rings is 1. The summed E-state index contributed by atoms with van der Waals surface area (Å²) >= 11 is 0. The lowest BCUT2D eigenvalue weighted by molar-refractivity contribution is -0.156. The zero-order valence-electron chi connectivity index (χ0n) is 33.4. The van der Waals surface area contributed by atoms with E-state index in [0.29, 0.717) is 13.0 Å². The first kappa shape index (κ1) is 44.6. The number of ether oxygens (including phenoxy) is 3. The fraction of sp³-hybridized carbons (Fsp3) is 0.718. The number of carbonyl (C=O) groups excluding carboxylic acids is 5. The van der Waals surface area contributed by atoms with Crippen molar-refractivity contribution in [1.29, 1.82) is 0 Å². The van der Waals surface area contributed by atoms with Crippen molar-refractivity contribution < 1.29 is 38.2 Å². The number of methoxy groups -OCH3 is 3. The van der Waals surface area contributed by atoms with E-state index in [9.17, 15) is 24.0 Å². The van der Waals surface area contributed by atoms with Crippen molar-refractivity contribution in [3.63, 3.8) is 0 Å². The molecule has 1 fully saturated rings. The Hall–Kier alpha value is -3.55. The van der Waals surface area contributed by atoms with E-state index in [2.05, 4.69) is 16.0 Å². The van der Waals surface area contributed by atoms with Crippen molar-refractivity contribution in [3.8, 4) is 0 Å². The first-order chi connectivity index (χ1) is 24.6. The summed E-state index contributed by atoms with van der Waals surface area (Å²) in [5.74, 6) is -2.48. The van der Waals surface area contributed by atoms with Gasteiger partial charge in [0.15, 0.2) is 0 Å². The summed E-state index contributed by atoms with van der Waals surface area (Å²) in [5.41, 5.74) is 0.874. The van der Waals surface area contributed by atoms with Crippen LogP contribution in [-0.4, -0.2) is 124 Å². The molecule has 2 rings (SSSR count). The van der Waals surface area contributed by atoms with Crippen LogP contribution in [0.2, 0.25) is 0 Å². The summed E-state index contributed by atoms with van der Waals surface area (Å²) in [6, 6.07) is 6.42. The van der Waals surface area contributed by atoms with E-state index in [-0.39, 0.29) is 60.3 Å². The fourth-order valence-electron chi connectivity index (χ4n) is 7.15. The van der Waals surface area contributed by atoms with Gasteiger partial charge in [0.1, 0.15) is 12.1 Å². The number of nitrogens with zero attached hydrogens (tertiary/aromatic N) is 2. The standard InChI is InChI=1S/C39H65N5O8/c1-13-25(6)34(43(9)38(48)33(24(4)5)42-37(47)32(40-8)23(2)3)30(50-10)22-31(45)44-20-19-29(44)35(51-11)26(7)36(46)41-28(39(49)52-12)21-27-17-15-14-16-18-27/h14-18,23-26,28-30,32-35,40H,13,19-22H2,1-12H3,(H,41,46)(H,42,47)/t25?,26-,28+,29+,30-,32+,33+,34+,35-/m1/s1.